The van der Waals surface area contributed by atoms with E-state index in [0.29, 0.717) is 16.9 Å². The summed E-state index contributed by atoms with van der Waals surface area (Å²) in [6.45, 7) is 5.73. The molecule has 0 saturated heterocycles. The average molecular weight is 358 g/mol. The molecule has 7 heteroatoms. The predicted octanol–water partition coefficient (Wildman–Crippen LogP) is 3.59. The van der Waals surface area contributed by atoms with Crippen LogP contribution in [0.5, 0.6) is 0 Å². The van der Waals surface area contributed by atoms with Crippen LogP contribution < -0.4 is 5.32 Å². The molecule has 3 aromatic heterocycles. The molecule has 0 spiro atoms. The van der Waals surface area contributed by atoms with Gasteiger partial charge in [-0.3, -0.25) is 14.9 Å². The minimum atomic E-state index is -0.243. The molecule has 3 heterocycles. The average Bonchev–Trinajstić information content (AvgIpc) is 3.03. The van der Waals surface area contributed by atoms with Gasteiger partial charge in [-0.25, -0.2) is 9.97 Å². The fourth-order valence-corrected chi connectivity index (χ4v) is 2.87. The van der Waals surface area contributed by atoms with Crippen molar-refractivity contribution in [2.45, 2.75) is 20.8 Å². The van der Waals surface area contributed by atoms with Crippen molar-refractivity contribution in [1.82, 2.24) is 25.1 Å². The summed E-state index contributed by atoms with van der Waals surface area (Å²) < 4.78 is 0. The van der Waals surface area contributed by atoms with Crippen LogP contribution in [0.15, 0.2) is 42.7 Å². The van der Waals surface area contributed by atoms with E-state index in [4.69, 9.17) is 0 Å². The number of hydrogen-bond acceptors (Lipinski definition) is 5. The van der Waals surface area contributed by atoms with E-state index in [1.807, 2.05) is 39.0 Å². The molecule has 0 fully saturated rings. The maximum atomic E-state index is 12.7. The zero-order chi connectivity index (χ0) is 19.0. The second-order valence-corrected chi connectivity index (χ2v) is 6.36. The van der Waals surface area contributed by atoms with Gasteiger partial charge in [0.05, 0.1) is 28.1 Å². The van der Waals surface area contributed by atoms with Gasteiger partial charge >= 0.3 is 0 Å². The molecule has 2 N–H and O–H groups in total. The fraction of sp³-hybridized carbons (Fsp3) is 0.150. The van der Waals surface area contributed by atoms with Crippen molar-refractivity contribution in [3.63, 3.8) is 0 Å². The van der Waals surface area contributed by atoms with E-state index in [1.165, 1.54) is 0 Å². The number of fused-ring (bicyclic) bond motifs is 1. The molecule has 0 aliphatic heterocycles. The van der Waals surface area contributed by atoms with Gasteiger partial charge < -0.3 is 5.32 Å². The molecule has 0 bridgehead atoms. The lowest BCUT2D eigenvalue weighted by Gasteiger charge is -2.06. The van der Waals surface area contributed by atoms with Crippen LogP contribution in [0.1, 0.15) is 27.3 Å². The zero-order valence-corrected chi connectivity index (χ0v) is 15.2. The molecular formula is C20H18N6O. The lowest BCUT2D eigenvalue weighted by atomic mass is 10.1. The van der Waals surface area contributed by atoms with Crippen LogP contribution in [-0.2, 0) is 0 Å². The van der Waals surface area contributed by atoms with E-state index in [0.717, 1.165) is 33.7 Å². The summed E-state index contributed by atoms with van der Waals surface area (Å²) in [5.74, 6) is 0.255. The Morgan fingerprint density at radius 2 is 1.67 bits per heavy atom. The number of rotatable bonds is 3. The molecule has 0 saturated carbocycles. The summed E-state index contributed by atoms with van der Waals surface area (Å²) in [5, 5.41) is 10.1. The number of pyridine rings is 1. The maximum Gasteiger partial charge on any atom is 0.256 e. The van der Waals surface area contributed by atoms with E-state index in [1.54, 1.807) is 24.5 Å². The largest absolute Gasteiger partial charge is 0.305 e. The van der Waals surface area contributed by atoms with Crippen LogP contribution in [-0.4, -0.2) is 31.1 Å². The lowest BCUT2D eigenvalue weighted by molar-refractivity contribution is 0.102. The standard InChI is InChI=1S/C20H18N6O/c1-11-18(14-6-8-21-9-7-14)25-26-19(11)24-20(27)15-4-5-16-17(10-15)23-13(3)12(2)22-16/h4-10H,1-3H3,(H2,24,25,26,27). The second-order valence-electron chi connectivity index (χ2n) is 6.36. The van der Waals surface area contributed by atoms with Crippen molar-refractivity contribution in [1.29, 1.82) is 0 Å². The molecule has 1 aromatic carbocycles. The number of carbonyl (C=O) groups is 1. The summed E-state index contributed by atoms with van der Waals surface area (Å²) >= 11 is 0. The van der Waals surface area contributed by atoms with Gasteiger partial charge in [0.25, 0.3) is 5.91 Å². The van der Waals surface area contributed by atoms with Gasteiger partial charge in [0.1, 0.15) is 0 Å². The van der Waals surface area contributed by atoms with E-state index >= 15 is 0 Å². The molecule has 0 aliphatic rings. The molecular weight excluding hydrogens is 340 g/mol. The molecule has 0 unspecified atom stereocenters. The summed E-state index contributed by atoms with van der Waals surface area (Å²) in [6.07, 6.45) is 3.43. The fourth-order valence-electron chi connectivity index (χ4n) is 2.87. The smallest absolute Gasteiger partial charge is 0.256 e. The Morgan fingerprint density at radius 3 is 2.41 bits per heavy atom. The highest BCUT2D eigenvalue weighted by molar-refractivity contribution is 6.06. The minimum absolute atomic E-state index is 0.243. The van der Waals surface area contributed by atoms with Crippen LogP contribution in [0.3, 0.4) is 0 Å². The van der Waals surface area contributed by atoms with Crippen LogP contribution in [0.4, 0.5) is 5.82 Å². The highest BCUT2D eigenvalue weighted by Crippen LogP contribution is 2.25. The van der Waals surface area contributed by atoms with Crippen molar-refractivity contribution < 1.29 is 4.79 Å². The Balaban J connectivity index is 1.62. The van der Waals surface area contributed by atoms with Crippen molar-refractivity contribution in [2.75, 3.05) is 5.32 Å². The summed E-state index contributed by atoms with van der Waals surface area (Å²) in [4.78, 5) is 25.7. The van der Waals surface area contributed by atoms with Crippen LogP contribution in [0.2, 0.25) is 0 Å². The number of benzene rings is 1. The van der Waals surface area contributed by atoms with Crippen molar-refractivity contribution in [3.05, 3.63) is 65.2 Å². The second kappa shape index (κ2) is 6.60. The summed E-state index contributed by atoms with van der Waals surface area (Å²) in [5.41, 5.74) is 6.38. The Bertz CT molecular complexity index is 1150. The number of H-pyrrole nitrogens is 1. The number of nitrogens with zero attached hydrogens (tertiary/aromatic N) is 4. The first-order chi connectivity index (χ1) is 13.0. The molecule has 27 heavy (non-hydrogen) atoms. The molecule has 7 nitrogen and oxygen atoms in total. The monoisotopic (exact) mass is 358 g/mol. The van der Waals surface area contributed by atoms with Gasteiger partial charge in [-0.15, -0.1) is 0 Å². The molecule has 1 amide bonds. The van der Waals surface area contributed by atoms with Crippen LogP contribution >= 0.6 is 0 Å². The minimum Gasteiger partial charge on any atom is -0.305 e. The first-order valence-electron chi connectivity index (χ1n) is 8.54. The topological polar surface area (TPSA) is 96.5 Å². The third kappa shape index (κ3) is 3.15. The van der Waals surface area contributed by atoms with Gasteiger partial charge in [-0.2, -0.15) is 5.10 Å². The number of aromatic nitrogens is 5. The number of hydrogen-bond donors (Lipinski definition) is 2. The van der Waals surface area contributed by atoms with Gasteiger partial charge in [0.15, 0.2) is 5.82 Å². The molecule has 4 rings (SSSR count). The first kappa shape index (κ1) is 16.8. The van der Waals surface area contributed by atoms with Crippen LogP contribution in [0, 0.1) is 20.8 Å². The van der Waals surface area contributed by atoms with E-state index in [-0.39, 0.29) is 5.91 Å². The quantitative estimate of drug-likeness (QED) is 0.583. The van der Waals surface area contributed by atoms with Crippen molar-refractivity contribution in [3.8, 4) is 11.3 Å². The maximum absolute atomic E-state index is 12.7. The number of amides is 1. The number of anilines is 1. The highest BCUT2D eigenvalue weighted by Gasteiger charge is 2.15. The molecule has 0 atom stereocenters. The van der Waals surface area contributed by atoms with Crippen molar-refractivity contribution in [2.24, 2.45) is 0 Å². The Labute approximate surface area is 155 Å². The molecule has 134 valence electrons. The number of aromatic amines is 1. The molecule has 0 aliphatic carbocycles. The number of carbonyl (C=O) groups excluding carboxylic acids is 1. The Morgan fingerprint density at radius 1 is 0.963 bits per heavy atom. The van der Waals surface area contributed by atoms with Crippen molar-refractivity contribution >= 4 is 22.8 Å². The zero-order valence-electron chi connectivity index (χ0n) is 15.2. The Kier molecular flexibility index (Phi) is 4.12. The molecule has 0 radical (unpaired) electrons. The predicted molar refractivity (Wildman–Crippen MR) is 104 cm³/mol. The van der Waals surface area contributed by atoms with Gasteiger partial charge in [-0.1, -0.05) is 0 Å². The van der Waals surface area contributed by atoms with Gasteiger partial charge in [-0.05, 0) is 51.1 Å². The first-order valence-corrected chi connectivity index (χ1v) is 8.54. The summed E-state index contributed by atoms with van der Waals surface area (Å²) in [7, 11) is 0. The van der Waals surface area contributed by atoms with Gasteiger partial charge in [0.2, 0.25) is 0 Å². The SMILES string of the molecule is Cc1nc2ccc(C(=O)Nc3n[nH]c(-c4ccncc4)c3C)cc2nc1C. The molecule has 4 aromatic rings. The lowest BCUT2D eigenvalue weighted by Crippen LogP contribution is -2.13. The number of nitrogens with one attached hydrogen (secondary N) is 2. The third-order valence-electron chi connectivity index (χ3n) is 4.55. The number of aryl methyl sites for hydroxylation is 2. The third-order valence-corrected chi connectivity index (χ3v) is 4.55. The van der Waals surface area contributed by atoms with E-state index in [9.17, 15) is 4.79 Å². The van der Waals surface area contributed by atoms with Crippen LogP contribution in [0.25, 0.3) is 22.3 Å². The van der Waals surface area contributed by atoms with Gasteiger partial charge in [0, 0.05) is 29.1 Å². The van der Waals surface area contributed by atoms with E-state index < -0.39 is 0 Å². The Hall–Kier alpha value is -3.61. The summed E-state index contributed by atoms with van der Waals surface area (Å²) in [6, 6.07) is 9.07. The normalized spacial score (nSPS) is 10.9. The highest BCUT2D eigenvalue weighted by atomic mass is 16.1. The van der Waals surface area contributed by atoms with E-state index in [2.05, 4.69) is 30.5 Å².